The summed E-state index contributed by atoms with van der Waals surface area (Å²) in [6.07, 6.45) is 1.76. The molecule has 0 radical (unpaired) electrons. The number of rotatable bonds is 9. The Balaban J connectivity index is 2.59. The summed E-state index contributed by atoms with van der Waals surface area (Å²) in [6, 6.07) is 2.77. The fraction of sp³-hybridized carbons (Fsp3) is 0.500. The van der Waals surface area contributed by atoms with Gasteiger partial charge in [0.05, 0.1) is 17.1 Å². The number of hydrogen-bond donors (Lipinski definition) is 3. The van der Waals surface area contributed by atoms with E-state index in [9.17, 15) is 14.9 Å². The number of primary amides is 1. The highest BCUT2D eigenvalue weighted by molar-refractivity contribution is 5.73. The molecule has 1 amide bonds. The second kappa shape index (κ2) is 7.93. The molecule has 1 aromatic rings. The van der Waals surface area contributed by atoms with Crippen LogP contribution in [0.5, 0.6) is 0 Å². The van der Waals surface area contributed by atoms with E-state index in [-0.39, 0.29) is 11.6 Å². The number of nitrogens with two attached hydrogens (primary N) is 1. The lowest BCUT2D eigenvalue weighted by Crippen LogP contribution is -2.11. The summed E-state index contributed by atoms with van der Waals surface area (Å²) >= 11 is 0. The Morgan fingerprint density at radius 2 is 2.00 bits per heavy atom. The average molecular weight is 281 g/mol. The standard InChI is InChI=1S/C12H19N5O3/c1-2-14-11-7-9(17(19)20)8-12(16-11)15-6-4-3-5-10(13)18/h7-8H,2-6H2,1H3,(H2,13,18)(H2,14,15,16). The van der Waals surface area contributed by atoms with Gasteiger partial charge in [0, 0.05) is 19.5 Å². The third-order valence-electron chi connectivity index (χ3n) is 2.53. The van der Waals surface area contributed by atoms with E-state index in [2.05, 4.69) is 15.6 Å². The lowest BCUT2D eigenvalue weighted by atomic mass is 10.2. The zero-order chi connectivity index (χ0) is 15.0. The molecule has 0 unspecified atom stereocenters. The van der Waals surface area contributed by atoms with Gasteiger partial charge in [-0.25, -0.2) is 4.98 Å². The molecule has 110 valence electrons. The van der Waals surface area contributed by atoms with Crippen LogP contribution in [0.4, 0.5) is 17.3 Å². The average Bonchev–Trinajstić information content (AvgIpc) is 2.38. The zero-order valence-electron chi connectivity index (χ0n) is 11.4. The van der Waals surface area contributed by atoms with Crippen molar-refractivity contribution >= 4 is 23.2 Å². The summed E-state index contributed by atoms with van der Waals surface area (Å²) in [4.78, 5) is 25.2. The summed E-state index contributed by atoms with van der Waals surface area (Å²) in [5.41, 5.74) is 5.02. The van der Waals surface area contributed by atoms with Crippen LogP contribution in [-0.2, 0) is 4.79 Å². The van der Waals surface area contributed by atoms with Gasteiger partial charge >= 0.3 is 0 Å². The van der Waals surface area contributed by atoms with E-state index in [4.69, 9.17) is 5.73 Å². The Morgan fingerprint density at radius 3 is 2.55 bits per heavy atom. The highest BCUT2D eigenvalue weighted by atomic mass is 16.6. The molecule has 0 atom stereocenters. The van der Waals surface area contributed by atoms with Crippen LogP contribution in [-0.4, -0.2) is 28.9 Å². The molecule has 0 bridgehead atoms. The molecule has 1 heterocycles. The van der Waals surface area contributed by atoms with Crippen molar-refractivity contribution in [3.8, 4) is 0 Å². The molecule has 0 fully saturated rings. The molecule has 4 N–H and O–H groups in total. The Hall–Kier alpha value is -2.38. The normalized spacial score (nSPS) is 10.1. The van der Waals surface area contributed by atoms with Gasteiger partial charge in [-0.15, -0.1) is 0 Å². The summed E-state index contributed by atoms with van der Waals surface area (Å²) < 4.78 is 0. The van der Waals surface area contributed by atoms with Crippen molar-refractivity contribution in [2.75, 3.05) is 23.7 Å². The van der Waals surface area contributed by atoms with Crippen LogP contribution in [0.2, 0.25) is 0 Å². The smallest absolute Gasteiger partial charge is 0.276 e. The molecule has 8 heteroatoms. The van der Waals surface area contributed by atoms with Crippen molar-refractivity contribution < 1.29 is 9.72 Å². The van der Waals surface area contributed by atoms with Crippen LogP contribution in [0.1, 0.15) is 26.2 Å². The summed E-state index contributed by atoms with van der Waals surface area (Å²) in [5, 5.41) is 16.8. The van der Waals surface area contributed by atoms with Crippen LogP contribution >= 0.6 is 0 Å². The number of hydrogen-bond acceptors (Lipinski definition) is 6. The van der Waals surface area contributed by atoms with Gasteiger partial charge in [-0.1, -0.05) is 0 Å². The molecule has 0 saturated carbocycles. The minimum atomic E-state index is -0.458. The molecule has 0 spiro atoms. The summed E-state index contributed by atoms with van der Waals surface area (Å²) in [6.45, 7) is 3.09. The van der Waals surface area contributed by atoms with E-state index in [1.165, 1.54) is 12.1 Å². The first-order valence-electron chi connectivity index (χ1n) is 6.45. The zero-order valence-corrected chi connectivity index (χ0v) is 11.4. The van der Waals surface area contributed by atoms with Crippen molar-refractivity contribution in [2.45, 2.75) is 26.2 Å². The van der Waals surface area contributed by atoms with E-state index in [1.54, 1.807) is 0 Å². The maximum atomic E-state index is 10.8. The number of nitro groups is 1. The largest absolute Gasteiger partial charge is 0.370 e. The quantitative estimate of drug-likeness (QED) is 0.358. The predicted octanol–water partition coefficient (Wildman–Crippen LogP) is 1.49. The molecule has 8 nitrogen and oxygen atoms in total. The maximum absolute atomic E-state index is 10.8. The highest BCUT2D eigenvalue weighted by Crippen LogP contribution is 2.20. The molecule has 0 aliphatic rings. The van der Waals surface area contributed by atoms with Crippen molar-refractivity contribution in [3.63, 3.8) is 0 Å². The SMILES string of the molecule is CCNc1cc([N+](=O)[O-])cc(NCCCCC(N)=O)n1. The number of nitrogens with zero attached hydrogens (tertiary/aromatic N) is 2. The lowest BCUT2D eigenvalue weighted by Gasteiger charge is -2.08. The highest BCUT2D eigenvalue weighted by Gasteiger charge is 2.10. The third-order valence-corrected chi connectivity index (χ3v) is 2.53. The molecule has 20 heavy (non-hydrogen) atoms. The van der Waals surface area contributed by atoms with E-state index in [1.807, 2.05) is 6.92 Å². The van der Waals surface area contributed by atoms with Crippen molar-refractivity contribution in [1.82, 2.24) is 4.98 Å². The number of nitrogens with one attached hydrogen (secondary N) is 2. The van der Waals surface area contributed by atoms with Crippen LogP contribution in [0.3, 0.4) is 0 Å². The molecule has 0 aliphatic heterocycles. The van der Waals surface area contributed by atoms with Gasteiger partial charge in [0.1, 0.15) is 11.6 Å². The Labute approximate surface area is 116 Å². The maximum Gasteiger partial charge on any atom is 0.276 e. The first-order valence-corrected chi connectivity index (χ1v) is 6.45. The van der Waals surface area contributed by atoms with Gasteiger partial charge in [0.25, 0.3) is 5.69 Å². The van der Waals surface area contributed by atoms with E-state index < -0.39 is 4.92 Å². The molecular formula is C12H19N5O3. The van der Waals surface area contributed by atoms with E-state index in [0.29, 0.717) is 37.6 Å². The molecule has 1 aromatic heterocycles. The number of unbranched alkanes of at least 4 members (excludes halogenated alkanes) is 1. The van der Waals surface area contributed by atoms with E-state index >= 15 is 0 Å². The number of aromatic nitrogens is 1. The predicted molar refractivity (Wildman–Crippen MR) is 76.6 cm³/mol. The first kappa shape index (κ1) is 15.7. The summed E-state index contributed by atoms with van der Waals surface area (Å²) in [7, 11) is 0. The van der Waals surface area contributed by atoms with Crippen molar-refractivity contribution in [2.24, 2.45) is 5.73 Å². The molecule has 0 aliphatic carbocycles. The van der Waals surface area contributed by atoms with Crippen LogP contribution < -0.4 is 16.4 Å². The number of carbonyl (C=O) groups excluding carboxylic acids is 1. The Kier molecular flexibility index (Phi) is 6.21. The molecule has 0 saturated heterocycles. The number of carbonyl (C=O) groups is 1. The molecular weight excluding hydrogens is 262 g/mol. The topological polar surface area (TPSA) is 123 Å². The number of anilines is 2. The summed E-state index contributed by atoms with van der Waals surface area (Å²) in [5.74, 6) is 0.573. The van der Waals surface area contributed by atoms with Gasteiger partial charge in [-0.05, 0) is 19.8 Å². The monoisotopic (exact) mass is 281 g/mol. The second-order valence-electron chi connectivity index (χ2n) is 4.23. The van der Waals surface area contributed by atoms with Gasteiger partial charge in [0.15, 0.2) is 0 Å². The van der Waals surface area contributed by atoms with Crippen LogP contribution in [0.25, 0.3) is 0 Å². The van der Waals surface area contributed by atoms with E-state index in [0.717, 1.165) is 6.42 Å². The third kappa shape index (κ3) is 5.51. The second-order valence-corrected chi connectivity index (χ2v) is 4.23. The minimum Gasteiger partial charge on any atom is -0.370 e. The number of pyridine rings is 1. The molecule has 0 aromatic carbocycles. The van der Waals surface area contributed by atoms with Gasteiger partial charge in [-0.3, -0.25) is 14.9 Å². The van der Waals surface area contributed by atoms with Gasteiger partial charge < -0.3 is 16.4 Å². The lowest BCUT2D eigenvalue weighted by molar-refractivity contribution is -0.384. The Morgan fingerprint density at radius 1 is 1.35 bits per heavy atom. The first-order chi connectivity index (χ1) is 9.52. The molecule has 1 rings (SSSR count). The fourth-order valence-electron chi connectivity index (χ4n) is 1.62. The van der Waals surface area contributed by atoms with Crippen LogP contribution in [0.15, 0.2) is 12.1 Å². The van der Waals surface area contributed by atoms with Crippen molar-refractivity contribution in [3.05, 3.63) is 22.2 Å². The van der Waals surface area contributed by atoms with Gasteiger partial charge in [0.2, 0.25) is 5.91 Å². The number of amides is 1. The van der Waals surface area contributed by atoms with Crippen LogP contribution in [0, 0.1) is 10.1 Å². The fourth-order valence-corrected chi connectivity index (χ4v) is 1.62. The Bertz CT molecular complexity index is 478. The van der Waals surface area contributed by atoms with Crippen molar-refractivity contribution in [1.29, 1.82) is 0 Å². The minimum absolute atomic E-state index is 0.0180. The van der Waals surface area contributed by atoms with Gasteiger partial charge in [-0.2, -0.15) is 0 Å².